The number of rotatable bonds is 3. The summed E-state index contributed by atoms with van der Waals surface area (Å²) in [7, 11) is -1.56. The summed E-state index contributed by atoms with van der Waals surface area (Å²) in [5.74, 6) is 0.559. The Balaban J connectivity index is 2.76. The summed E-state index contributed by atoms with van der Waals surface area (Å²) < 4.78 is 8.50. The molecule has 0 aliphatic heterocycles. The first kappa shape index (κ1) is 8.68. The predicted molar refractivity (Wildman–Crippen MR) is 50.7 cm³/mol. The fourth-order valence-corrected chi connectivity index (χ4v) is 1.07. The van der Waals surface area contributed by atoms with Gasteiger partial charge < -0.3 is 5.73 Å². The normalized spacial score (nSPS) is 10.5. The number of hydrogen-bond acceptors (Lipinski definition) is 3. The van der Waals surface area contributed by atoms with Crippen molar-refractivity contribution in [2.75, 3.05) is 5.73 Å². The first-order chi connectivity index (χ1) is 5.72. The molecule has 0 aromatic heterocycles. The number of nitrogens with two attached hydrogens (primary N) is 1. The molecule has 0 heterocycles. The van der Waals surface area contributed by atoms with Crippen LogP contribution in [-0.4, -0.2) is 6.72 Å². The Morgan fingerprint density at radius 3 is 2.92 bits per heavy atom. The first-order valence-corrected chi connectivity index (χ1v) is 4.45. The largest absolute Gasteiger partial charge is 0.580 e. The summed E-state index contributed by atoms with van der Waals surface area (Å²) >= 11 is 0. The van der Waals surface area contributed by atoms with Gasteiger partial charge in [-0.1, -0.05) is 11.2 Å². The van der Waals surface area contributed by atoms with Crippen LogP contribution in [0.5, 0.6) is 5.75 Å². The van der Waals surface area contributed by atoms with Gasteiger partial charge in [0, 0.05) is 18.5 Å². The van der Waals surface area contributed by atoms with Crippen molar-refractivity contribution in [3.8, 4) is 5.75 Å². The van der Waals surface area contributed by atoms with Crippen LogP contribution in [0.4, 0.5) is 5.69 Å². The second kappa shape index (κ2) is 3.83. The lowest BCUT2D eigenvalue weighted by Gasteiger charge is -1.93. The van der Waals surface area contributed by atoms with E-state index in [-0.39, 0.29) is 0 Å². The summed E-state index contributed by atoms with van der Waals surface area (Å²) in [5.41, 5.74) is 6.11. The van der Waals surface area contributed by atoms with Crippen LogP contribution in [0.15, 0.2) is 29.0 Å². The van der Waals surface area contributed by atoms with E-state index >= 15 is 0 Å². The molecular formula is C7H9N3OP+. The molecule has 0 aliphatic carbocycles. The Morgan fingerprint density at radius 2 is 2.33 bits per heavy atom. The maximum atomic E-state index is 7.20. The SMILES string of the molecule is C=N[P+](=N)Oc1cccc(N)c1. The Bertz CT molecular complexity index is 313. The highest BCUT2D eigenvalue weighted by Gasteiger charge is 2.09. The van der Waals surface area contributed by atoms with Gasteiger partial charge in [0.25, 0.3) is 0 Å². The molecule has 1 rings (SSSR count). The van der Waals surface area contributed by atoms with E-state index in [0.717, 1.165) is 0 Å². The second-order valence-corrected chi connectivity index (χ2v) is 3.09. The maximum absolute atomic E-state index is 7.20. The highest BCUT2D eigenvalue weighted by atomic mass is 31.1. The van der Waals surface area contributed by atoms with Gasteiger partial charge in [-0.25, -0.2) is 4.52 Å². The van der Waals surface area contributed by atoms with Crippen LogP contribution < -0.4 is 10.3 Å². The van der Waals surface area contributed by atoms with Crippen LogP contribution in [-0.2, 0) is 0 Å². The number of nitrogens with zero attached hydrogens (tertiary/aromatic N) is 1. The maximum Gasteiger partial charge on any atom is 0.580 e. The monoisotopic (exact) mass is 182 g/mol. The molecule has 62 valence electrons. The van der Waals surface area contributed by atoms with Crippen LogP contribution in [0.3, 0.4) is 0 Å². The molecule has 0 aliphatic rings. The van der Waals surface area contributed by atoms with Crippen LogP contribution in [0.1, 0.15) is 0 Å². The predicted octanol–water partition coefficient (Wildman–Crippen LogP) is 2.42. The van der Waals surface area contributed by atoms with Gasteiger partial charge in [0.1, 0.15) is 0 Å². The van der Waals surface area contributed by atoms with Gasteiger partial charge in [0.05, 0.1) is 0 Å². The van der Waals surface area contributed by atoms with E-state index in [9.17, 15) is 0 Å². The Labute approximate surface area is 71.5 Å². The van der Waals surface area contributed by atoms with E-state index in [2.05, 4.69) is 11.5 Å². The molecule has 0 amide bonds. The molecule has 0 spiro atoms. The number of nitrogens with one attached hydrogen (secondary N) is 1. The Hall–Kier alpha value is -1.41. The average molecular weight is 182 g/mol. The zero-order chi connectivity index (χ0) is 8.97. The smallest absolute Gasteiger partial charge is 0.399 e. The number of hydrogen-bond donors (Lipinski definition) is 2. The van der Waals surface area contributed by atoms with Crippen LogP contribution in [0.25, 0.3) is 0 Å². The third-order valence-corrected chi connectivity index (χ3v) is 1.82. The molecule has 0 saturated carbocycles. The van der Waals surface area contributed by atoms with Crippen molar-refractivity contribution in [1.29, 1.82) is 5.16 Å². The van der Waals surface area contributed by atoms with E-state index in [1.807, 2.05) is 0 Å². The zero-order valence-corrected chi connectivity index (χ0v) is 7.29. The van der Waals surface area contributed by atoms with E-state index in [0.29, 0.717) is 11.4 Å². The number of benzene rings is 1. The number of anilines is 1. The van der Waals surface area contributed by atoms with E-state index in [1.54, 1.807) is 24.3 Å². The minimum Gasteiger partial charge on any atom is -0.399 e. The van der Waals surface area contributed by atoms with Gasteiger partial charge >= 0.3 is 8.09 Å². The minimum absolute atomic E-state index is 0.559. The van der Waals surface area contributed by atoms with Crippen molar-refractivity contribution in [3.63, 3.8) is 0 Å². The van der Waals surface area contributed by atoms with Crippen molar-refractivity contribution in [2.24, 2.45) is 4.76 Å². The lowest BCUT2D eigenvalue weighted by atomic mass is 10.3. The molecule has 4 nitrogen and oxygen atoms in total. The summed E-state index contributed by atoms with van der Waals surface area (Å²) in [4.78, 5) is 0. The van der Waals surface area contributed by atoms with Gasteiger partial charge in [0.2, 0.25) is 0 Å². The lowest BCUT2D eigenvalue weighted by Crippen LogP contribution is -1.84. The molecule has 1 aromatic carbocycles. The molecule has 0 radical (unpaired) electrons. The molecule has 1 aromatic rings. The fourth-order valence-electron chi connectivity index (χ4n) is 0.700. The van der Waals surface area contributed by atoms with Gasteiger partial charge in [-0.2, -0.15) is 0 Å². The Kier molecular flexibility index (Phi) is 2.77. The second-order valence-electron chi connectivity index (χ2n) is 2.08. The van der Waals surface area contributed by atoms with Crippen LogP contribution in [0, 0.1) is 5.16 Å². The fraction of sp³-hybridized carbons (Fsp3) is 0. The molecule has 5 heteroatoms. The molecule has 0 fully saturated rings. The van der Waals surface area contributed by atoms with Crippen molar-refractivity contribution < 1.29 is 4.52 Å². The van der Waals surface area contributed by atoms with Gasteiger partial charge in [0.15, 0.2) is 5.75 Å². The molecule has 0 saturated heterocycles. The van der Waals surface area contributed by atoms with Crippen LogP contribution >= 0.6 is 8.09 Å². The molecule has 1 unspecified atom stereocenters. The quantitative estimate of drug-likeness (QED) is 0.428. The van der Waals surface area contributed by atoms with Gasteiger partial charge in [-0.05, 0) is 16.9 Å². The van der Waals surface area contributed by atoms with E-state index in [1.165, 1.54) is 0 Å². The van der Waals surface area contributed by atoms with Crippen molar-refractivity contribution >= 4 is 20.5 Å². The molecule has 1 atom stereocenters. The third kappa shape index (κ3) is 2.32. The molecule has 0 bridgehead atoms. The number of nitrogen functional groups attached to an aromatic ring is 1. The third-order valence-electron chi connectivity index (χ3n) is 1.18. The van der Waals surface area contributed by atoms with Crippen molar-refractivity contribution in [3.05, 3.63) is 24.3 Å². The highest BCUT2D eigenvalue weighted by Crippen LogP contribution is 2.28. The first-order valence-electron chi connectivity index (χ1n) is 3.24. The van der Waals surface area contributed by atoms with Crippen LogP contribution in [0.2, 0.25) is 0 Å². The molecular weight excluding hydrogens is 173 g/mol. The highest BCUT2D eigenvalue weighted by molar-refractivity contribution is 7.39. The minimum atomic E-state index is -1.56. The Morgan fingerprint density at radius 1 is 1.58 bits per heavy atom. The molecule has 12 heavy (non-hydrogen) atoms. The van der Waals surface area contributed by atoms with Crippen molar-refractivity contribution in [2.45, 2.75) is 0 Å². The summed E-state index contributed by atoms with van der Waals surface area (Å²) in [5, 5.41) is 7.20. The molecule has 3 N–H and O–H groups in total. The summed E-state index contributed by atoms with van der Waals surface area (Å²) in [6, 6.07) is 6.89. The topological polar surface area (TPSA) is 71.5 Å². The summed E-state index contributed by atoms with van der Waals surface area (Å²) in [6.07, 6.45) is 0. The summed E-state index contributed by atoms with van der Waals surface area (Å²) in [6.45, 7) is 3.21. The van der Waals surface area contributed by atoms with E-state index in [4.69, 9.17) is 15.4 Å². The lowest BCUT2D eigenvalue weighted by molar-refractivity contribution is 0.621. The standard InChI is InChI=1S/C7H9N3OP/c1-10-12(9)11-7-4-2-3-6(8)5-7/h2-5,9H,1,8H2/q+1. The average Bonchev–Trinajstić information content (AvgIpc) is 2.04. The van der Waals surface area contributed by atoms with E-state index < -0.39 is 8.09 Å². The van der Waals surface area contributed by atoms with Crippen molar-refractivity contribution in [1.82, 2.24) is 0 Å². The van der Waals surface area contributed by atoms with Gasteiger partial charge in [-0.15, -0.1) is 0 Å². The van der Waals surface area contributed by atoms with Gasteiger partial charge in [-0.3, -0.25) is 0 Å². The zero-order valence-electron chi connectivity index (χ0n) is 6.40.